The van der Waals surface area contributed by atoms with Crippen LogP contribution in [0.1, 0.15) is 15.5 Å². The first-order valence-electron chi connectivity index (χ1n) is 5.53. The number of hydrogen-bond donors (Lipinski definition) is 1. The lowest BCUT2D eigenvalue weighted by molar-refractivity contribution is 0.0702. The summed E-state index contributed by atoms with van der Waals surface area (Å²) in [6, 6.07) is 5.26. The van der Waals surface area contributed by atoms with Crippen LogP contribution in [0.15, 0.2) is 33.5 Å². The Morgan fingerprint density at radius 2 is 2.35 bits per heavy atom. The Morgan fingerprint density at radius 1 is 1.45 bits per heavy atom. The molecule has 0 fully saturated rings. The maximum Gasteiger partial charge on any atom is 0.346 e. The zero-order valence-electron chi connectivity index (χ0n) is 9.98. The molecule has 0 atom stereocenters. The Labute approximate surface area is 121 Å². The largest absolute Gasteiger partial charge is 0.485 e. The summed E-state index contributed by atoms with van der Waals surface area (Å²) < 4.78 is 10.5. The summed E-state index contributed by atoms with van der Waals surface area (Å²) in [4.78, 5) is 16.1. The van der Waals surface area contributed by atoms with Crippen molar-refractivity contribution in [1.82, 2.24) is 10.1 Å². The van der Waals surface area contributed by atoms with Crippen LogP contribution in [0.2, 0.25) is 0 Å². The summed E-state index contributed by atoms with van der Waals surface area (Å²) in [5, 5.41) is 16.2. The van der Waals surface area contributed by atoms with Crippen molar-refractivity contribution >= 4 is 28.6 Å². The van der Waals surface area contributed by atoms with Gasteiger partial charge in [-0.3, -0.25) is 0 Å². The number of carbonyl (C=O) groups is 1. The van der Waals surface area contributed by atoms with Gasteiger partial charge < -0.3 is 14.4 Å². The fourth-order valence-corrected chi connectivity index (χ4v) is 2.78. The van der Waals surface area contributed by atoms with E-state index in [9.17, 15) is 4.79 Å². The van der Waals surface area contributed by atoms with Crippen LogP contribution in [-0.4, -0.2) is 21.2 Å². The molecule has 0 aliphatic rings. The summed E-state index contributed by atoms with van der Waals surface area (Å²) in [7, 11) is 0. The van der Waals surface area contributed by atoms with E-state index in [1.54, 1.807) is 5.38 Å². The molecule has 8 heteroatoms. The molecule has 0 radical (unpaired) electrons. The van der Waals surface area contributed by atoms with Crippen LogP contribution >= 0.6 is 22.7 Å². The summed E-state index contributed by atoms with van der Waals surface area (Å²) in [5.41, 5.74) is 0. The quantitative estimate of drug-likeness (QED) is 0.779. The van der Waals surface area contributed by atoms with Gasteiger partial charge in [0.25, 0.3) is 5.89 Å². The van der Waals surface area contributed by atoms with Gasteiger partial charge in [-0.25, -0.2) is 4.79 Å². The van der Waals surface area contributed by atoms with Crippen LogP contribution in [0.25, 0.3) is 10.8 Å². The lowest BCUT2D eigenvalue weighted by Crippen LogP contribution is -1.97. The molecule has 0 aliphatic heterocycles. The van der Waals surface area contributed by atoms with E-state index in [0.717, 1.165) is 16.2 Å². The van der Waals surface area contributed by atoms with E-state index >= 15 is 0 Å². The first-order valence-corrected chi connectivity index (χ1v) is 7.29. The van der Waals surface area contributed by atoms with Gasteiger partial charge in [0, 0.05) is 11.4 Å². The minimum Gasteiger partial charge on any atom is -0.485 e. The van der Waals surface area contributed by atoms with E-state index in [0.29, 0.717) is 17.5 Å². The zero-order chi connectivity index (χ0) is 13.9. The molecule has 1 N–H and O–H groups in total. The third-order valence-corrected chi connectivity index (χ3v) is 4.11. The highest BCUT2D eigenvalue weighted by Gasteiger charge is 2.11. The first-order chi connectivity index (χ1) is 9.72. The minimum absolute atomic E-state index is 0.130. The van der Waals surface area contributed by atoms with Crippen molar-refractivity contribution in [3.63, 3.8) is 0 Å². The summed E-state index contributed by atoms with van der Waals surface area (Å²) in [5.74, 6) is 0.380. The lowest BCUT2D eigenvalue weighted by atomic mass is 10.4. The van der Waals surface area contributed by atoms with Crippen molar-refractivity contribution < 1.29 is 19.2 Å². The molecule has 0 unspecified atom stereocenters. The van der Waals surface area contributed by atoms with Crippen molar-refractivity contribution in [2.24, 2.45) is 0 Å². The number of thiophene rings is 2. The van der Waals surface area contributed by atoms with Crippen molar-refractivity contribution in [2.75, 3.05) is 0 Å². The lowest BCUT2D eigenvalue weighted by Gasteiger charge is -1.97. The first kappa shape index (κ1) is 12.8. The molecule has 3 aromatic heterocycles. The second-order valence-electron chi connectivity index (χ2n) is 3.73. The number of ether oxygens (including phenoxy) is 1. The molecule has 3 heterocycles. The van der Waals surface area contributed by atoms with Gasteiger partial charge in [-0.2, -0.15) is 4.98 Å². The normalized spacial score (nSPS) is 10.6. The zero-order valence-corrected chi connectivity index (χ0v) is 11.6. The fraction of sp³-hybridized carbons (Fsp3) is 0.0833. The molecule has 20 heavy (non-hydrogen) atoms. The second kappa shape index (κ2) is 5.43. The van der Waals surface area contributed by atoms with E-state index < -0.39 is 5.97 Å². The van der Waals surface area contributed by atoms with E-state index in [-0.39, 0.29) is 11.5 Å². The number of nitrogens with zero attached hydrogens (tertiary/aromatic N) is 2. The average Bonchev–Trinajstić information content (AvgIpc) is 3.17. The fourth-order valence-electron chi connectivity index (χ4n) is 1.47. The van der Waals surface area contributed by atoms with Gasteiger partial charge in [-0.15, -0.1) is 22.7 Å². The number of hydrogen-bond acceptors (Lipinski definition) is 7. The molecule has 6 nitrogen and oxygen atoms in total. The molecule has 0 bridgehead atoms. The summed E-state index contributed by atoms with van der Waals surface area (Å²) in [6.07, 6.45) is 0. The highest BCUT2D eigenvalue weighted by Crippen LogP contribution is 2.24. The van der Waals surface area contributed by atoms with Gasteiger partial charge in [0.2, 0.25) is 5.82 Å². The van der Waals surface area contributed by atoms with Gasteiger partial charge in [0.05, 0.1) is 4.88 Å². The topological polar surface area (TPSA) is 85.5 Å². The maximum atomic E-state index is 10.7. The van der Waals surface area contributed by atoms with Crippen molar-refractivity contribution in [1.29, 1.82) is 0 Å². The molecule has 102 valence electrons. The van der Waals surface area contributed by atoms with Crippen LogP contribution < -0.4 is 4.74 Å². The average molecular weight is 308 g/mol. The van der Waals surface area contributed by atoms with E-state index in [1.165, 1.54) is 17.4 Å². The van der Waals surface area contributed by atoms with Crippen molar-refractivity contribution in [2.45, 2.75) is 6.61 Å². The Hall–Kier alpha value is -2.19. The molecule has 3 rings (SSSR count). The number of carboxylic acids is 1. The minimum atomic E-state index is -0.968. The summed E-state index contributed by atoms with van der Waals surface area (Å²) in [6.45, 7) is 0.130. The highest BCUT2D eigenvalue weighted by atomic mass is 32.1. The van der Waals surface area contributed by atoms with Gasteiger partial charge in [-0.05, 0) is 11.4 Å². The molecule has 0 amide bonds. The Morgan fingerprint density at radius 3 is 3.05 bits per heavy atom. The highest BCUT2D eigenvalue weighted by molar-refractivity contribution is 7.13. The molecular formula is C12H8N2O4S2. The third-order valence-electron chi connectivity index (χ3n) is 2.35. The predicted octanol–water partition coefficient (Wildman–Crippen LogP) is 3.14. The molecule has 0 aromatic carbocycles. The smallest absolute Gasteiger partial charge is 0.346 e. The van der Waals surface area contributed by atoms with Gasteiger partial charge in [0.15, 0.2) is 6.61 Å². The number of aromatic nitrogens is 2. The predicted molar refractivity (Wildman–Crippen MR) is 73.2 cm³/mol. The Kier molecular flexibility index (Phi) is 3.48. The Bertz CT molecular complexity index is 717. The molecule has 0 saturated carbocycles. The summed E-state index contributed by atoms with van der Waals surface area (Å²) >= 11 is 2.62. The number of rotatable bonds is 5. The third kappa shape index (κ3) is 2.70. The van der Waals surface area contributed by atoms with Crippen LogP contribution in [0, 0.1) is 0 Å². The van der Waals surface area contributed by atoms with Crippen LogP contribution in [-0.2, 0) is 6.61 Å². The maximum absolute atomic E-state index is 10.7. The van der Waals surface area contributed by atoms with Crippen LogP contribution in [0.3, 0.4) is 0 Å². The molecular weight excluding hydrogens is 300 g/mol. The molecule has 3 aromatic rings. The van der Waals surface area contributed by atoms with Crippen molar-refractivity contribution in [3.05, 3.63) is 39.7 Å². The van der Waals surface area contributed by atoms with Crippen LogP contribution in [0.5, 0.6) is 5.75 Å². The Balaban J connectivity index is 1.65. The van der Waals surface area contributed by atoms with E-state index in [2.05, 4.69) is 10.1 Å². The van der Waals surface area contributed by atoms with E-state index in [4.69, 9.17) is 14.4 Å². The van der Waals surface area contributed by atoms with Gasteiger partial charge >= 0.3 is 5.97 Å². The molecule has 0 spiro atoms. The monoisotopic (exact) mass is 308 g/mol. The van der Waals surface area contributed by atoms with Gasteiger partial charge in [0.1, 0.15) is 10.6 Å². The van der Waals surface area contributed by atoms with Gasteiger partial charge in [-0.1, -0.05) is 11.2 Å². The standard InChI is InChI=1S/C12H8N2O4S2/c15-12(16)9-4-7(6-20-9)17-5-10-13-11(18-14-10)8-2-1-3-19-8/h1-4,6H,5H2,(H,15,16). The molecule has 0 aliphatic carbocycles. The van der Waals surface area contributed by atoms with E-state index in [1.807, 2.05) is 17.5 Å². The van der Waals surface area contributed by atoms with Crippen molar-refractivity contribution in [3.8, 4) is 16.5 Å². The number of aromatic carboxylic acids is 1. The van der Waals surface area contributed by atoms with Crippen LogP contribution in [0.4, 0.5) is 0 Å². The number of carboxylic acid groups (broad SMARTS) is 1. The molecule has 0 saturated heterocycles. The second-order valence-corrected chi connectivity index (χ2v) is 5.59. The SMILES string of the molecule is O=C(O)c1cc(OCc2noc(-c3cccs3)n2)cs1.